The number of fused-ring (bicyclic) bond motifs is 1. The number of para-hydroxylation sites is 2. The van der Waals surface area contributed by atoms with E-state index in [9.17, 15) is 9.59 Å². The highest BCUT2D eigenvalue weighted by Crippen LogP contribution is 2.30. The molecular formula is C21H25N5O4. The van der Waals surface area contributed by atoms with Gasteiger partial charge in [0.1, 0.15) is 11.7 Å². The van der Waals surface area contributed by atoms with Crippen molar-refractivity contribution in [1.82, 2.24) is 25.0 Å². The van der Waals surface area contributed by atoms with Crippen molar-refractivity contribution in [3.05, 3.63) is 52.0 Å². The van der Waals surface area contributed by atoms with Crippen LogP contribution in [-0.4, -0.2) is 51.2 Å². The highest BCUT2D eigenvalue weighted by atomic mass is 16.5. The van der Waals surface area contributed by atoms with E-state index < -0.39 is 0 Å². The van der Waals surface area contributed by atoms with Gasteiger partial charge in [0.15, 0.2) is 5.82 Å². The lowest BCUT2D eigenvalue weighted by Gasteiger charge is -2.33. The number of ether oxygens (including phenoxy) is 1. The Morgan fingerprint density at radius 1 is 1.27 bits per heavy atom. The summed E-state index contributed by atoms with van der Waals surface area (Å²) in [6.07, 6.45) is 3.77. The minimum Gasteiger partial charge on any atom is -0.384 e. The fraction of sp³-hybridized carbons (Fsp3) is 0.476. The molecule has 1 fully saturated rings. The molecule has 1 aliphatic rings. The molecule has 0 radical (unpaired) electrons. The monoisotopic (exact) mass is 411 g/mol. The van der Waals surface area contributed by atoms with Crippen molar-refractivity contribution >= 4 is 16.9 Å². The van der Waals surface area contributed by atoms with Gasteiger partial charge in [-0.2, -0.15) is 4.98 Å². The first-order valence-corrected chi connectivity index (χ1v) is 10.2. The number of aromatic amines is 1. The summed E-state index contributed by atoms with van der Waals surface area (Å²) in [5.41, 5.74) is 1.52. The summed E-state index contributed by atoms with van der Waals surface area (Å²) in [6, 6.07) is 7.14. The molecule has 0 saturated carbocycles. The number of amides is 1. The second-order valence-corrected chi connectivity index (χ2v) is 7.42. The molecule has 1 aliphatic heterocycles. The number of hydrogen-bond acceptors (Lipinski definition) is 7. The Bertz CT molecular complexity index is 1080. The zero-order valence-corrected chi connectivity index (χ0v) is 17.0. The number of methoxy groups -OCH3 is 1. The Morgan fingerprint density at radius 2 is 2.13 bits per heavy atom. The van der Waals surface area contributed by atoms with E-state index in [1.807, 2.05) is 24.3 Å². The topological polar surface area (TPSA) is 114 Å². The molecule has 0 spiro atoms. The molecule has 1 amide bonds. The van der Waals surface area contributed by atoms with Crippen LogP contribution in [0.3, 0.4) is 0 Å². The molecule has 2 aromatic heterocycles. The van der Waals surface area contributed by atoms with Crippen LogP contribution in [0.25, 0.3) is 11.0 Å². The Kier molecular flexibility index (Phi) is 6.18. The van der Waals surface area contributed by atoms with Crippen molar-refractivity contribution in [3.8, 4) is 0 Å². The highest BCUT2D eigenvalue weighted by Gasteiger charge is 2.32. The quantitative estimate of drug-likeness (QED) is 0.634. The SMILES string of the molecule is COCCc1noc(C2CCCCN2C(=O)CCc2nc3ccccc3[nH]c2=O)n1. The largest absolute Gasteiger partial charge is 0.384 e. The molecule has 158 valence electrons. The molecule has 1 aromatic carbocycles. The van der Waals surface area contributed by atoms with Crippen LogP contribution in [0, 0.1) is 0 Å². The van der Waals surface area contributed by atoms with Crippen LogP contribution in [-0.2, 0) is 22.4 Å². The van der Waals surface area contributed by atoms with Crippen LogP contribution in [0.15, 0.2) is 33.6 Å². The number of H-pyrrole nitrogens is 1. The second kappa shape index (κ2) is 9.17. The molecule has 1 saturated heterocycles. The molecule has 1 N–H and O–H groups in total. The van der Waals surface area contributed by atoms with Crippen LogP contribution in [0.1, 0.15) is 49.1 Å². The summed E-state index contributed by atoms with van der Waals surface area (Å²) in [7, 11) is 1.62. The summed E-state index contributed by atoms with van der Waals surface area (Å²) in [4.78, 5) is 38.8. The molecule has 0 aliphatic carbocycles. The van der Waals surface area contributed by atoms with Crippen molar-refractivity contribution in [2.24, 2.45) is 0 Å². The van der Waals surface area contributed by atoms with Crippen LogP contribution >= 0.6 is 0 Å². The summed E-state index contributed by atoms with van der Waals surface area (Å²) in [5.74, 6) is 1.01. The summed E-state index contributed by atoms with van der Waals surface area (Å²) < 4.78 is 10.5. The Balaban J connectivity index is 1.45. The molecule has 9 nitrogen and oxygen atoms in total. The number of nitrogens with one attached hydrogen (secondary N) is 1. The number of rotatable bonds is 7. The van der Waals surface area contributed by atoms with Crippen LogP contribution < -0.4 is 5.56 Å². The normalized spacial score (nSPS) is 16.8. The smallest absolute Gasteiger partial charge is 0.270 e. The fourth-order valence-electron chi connectivity index (χ4n) is 3.79. The lowest BCUT2D eigenvalue weighted by atomic mass is 10.0. The molecule has 1 unspecified atom stereocenters. The molecule has 30 heavy (non-hydrogen) atoms. The first-order chi connectivity index (χ1) is 14.7. The molecule has 4 rings (SSSR count). The first-order valence-electron chi connectivity index (χ1n) is 10.2. The third kappa shape index (κ3) is 4.40. The number of hydrogen-bond donors (Lipinski definition) is 1. The zero-order chi connectivity index (χ0) is 20.9. The maximum absolute atomic E-state index is 13.0. The number of aromatic nitrogens is 4. The van der Waals surface area contributed by atoms with E-state index in [0.717, 1.165) is 19.3 Å². The maximum atomic E-state index is 13.0. The van der Waals surface area contributed by atoms with E-state index >= 15 is 0 Å². The number of nitrogens with zero attached hydrogens (tertiary/aromatic N) is 4. The number of carbonyl (C=O) groups excluding carboxylic acids is 1. The van der Waals surface area contributed by atoms with Gasteiger partial charge >= 0.3 is 0 Å². The standard InChI is InChI=1S/C21H25N5O4/c1-29-13-11-18-24-21(30-25-18)17-8-4-5-12-26(17)19(27)10-9-16-20(28)23-15-7-3-2-6-14(15)22-16/h2-3,6-7,17H,4-5,8-13H2,1H3,(H,23,28). The van der Waals surface area contributed by atoms with Gasteiger partial charge in [0.25, 0.3) is 5.56 Å². The third-order valence-electron chi connectivity index (χ3n) is 5.37. The highest BCUT2D eigenvalue weighted by molar-refractivity contribution is 5.77. The van der Waals surface area contributed by atoms with E-state index in [1.165, 1.54) is 0 Å². The number of benzene rings is 1. The molecule has 3 heterocycles. The van der Waals surface area contributed by atoms with Crippen LogP contribution in [0.2, 0.25) is 0 Å². The average molecular weight is 411 g/mol. The van der Waals surface area contributed by atoms with Gasteiger partial charge in [0.05, 0.1) is 17.6 Å². The van der Waals surface area contributed by atoms with Crippen LogP contribution in [0.4, 0.5) is 0 Å². The van der Waals surface area contributed by atoms with Crippen molar-refractivity contribution in [2.75, 3.05) is 20.3 Å². The van der Waals surface area contributed by atoms with Crippen LogP contribution in [0.5, 0.6) is 0 Å². The molecule has 1 atom stereocenters. The van der Waals surface area contributed by atoms with Crippen molar-refractivity contribution < 1.29 is 14.1 Å². The summed E-state index contributed by atoms with van der Waals surface area (Å²) in [5, 5.41) is 4.00. The Hall–Kier alpha value is -3.07. The summed E-state index contributed by atoms with van der Waals surface area (Å²) >= 11 is 0. The Morgan fingerprint density at radius 3 is 3.00 bits per heavy atom. The van der Waals surface area contributed by atoms with E-state index in [0.29, 0.717) is 48.0 Å². The Labute approximate surface area is 173 Å². The van der Waals surface area contributed by atoms with E-state index in [-0.39, 0.29) is 30.3 Å². The number of carbonyl (C=O) groups is 1. The zero-order valence-electron chi connectivity index (χ0n) is 17.0. The predicted octanol–water partition coefficient (Wildman–Crippen LogP) is 2.18. The van der Waals surface area contributed by atoms with Gasteiger partial charge in [-0.15, -0.1) is 0 Å². The summed E-state index contributed by atoms with van der Waals surface area (Å²) in [6.45, 7) is 1.15. The lowest BCUT2D eigenvalue weighted by Crippen LogP contribution is -2.39. The average Bonchev–Trinajstić information content (AvgIpc) is 3.25. The molecular weight excluding hydrogens is 386 g/mol. The van der Waals surface area contributed by atoms with E-state index in [4.69, 9.17) is 9.26 Å². The van der Waals surface area contributed by atoms with Gasteiger partial charge < -0.3 is 19.1 Å². The van der Waals surface area contributed by atoms with Gasteiger partial charge in [-0.25, -0.2) is 4.98 Å². The molecule has 0 bridgehead atoms. The lowest BCUT2D eigenvalue weighted by molar-refractivity contribution is -0.135. The molecule has 9 heteroatoms. The van der Waals surface area contributed by atoms with Gasteiger partial charge in [-0.1, -0.05) is 17.3 Å². The number of piperidine rings is 1. The maximum Gasteiger partial charge on any atom is 0.270 e. The number of aryl methyl sites for hydroxylation is 1. The van der Waals surface area contributed by atoms with Gasteiger partial charge in [0, 0.05) is 32.9 Å². The molecule has 3 aromatic rings. The predicted molar refractivity (Wildman–Crippen MR) is 109 cm³/mol. The second-order valence-electron chi connectivity index (χ2n) is 7.42. The van der Waals surface area contributed by atoms with Crippen molar-refractivity contribution in [3.63, 3.8) is 0 Å². The van der Waals surface area contributed by atoms with Crippen molar-refractivity contribution in [2.45, 2.75) is 44.6 Å². The van der Waals surface area contributed by atoms with Gasteiger partial charge in [0.2, 0.25) is 11.8 Å². The van der Waals surface area contributed by atoms with Gasteiger partial charge in [-0.05, 0) is 31.4 Å². The minimum absolute atomic E-state index is 0.0364. The third-order valence-corrected chi connectivity index (χ3v) is 5.37. The number of likely N-dealkylation sites (tertiary alicyclic amines) is 1. The first kappa shape index (κ1) is 20.2. The van der Waals surface area contributed by atoms with Crippen molar-refractivity contribution in [1.29, 1.82) is 0 Å². The van der Waals surface area contributed by atoms with Gasteiger partial charge in [-0.3, -0.25) is 9.59 Å². The fourth-order valence-corrected chi connectivity index (χ4v) is 3.79. The minimum atomic E-state index is -0.253. The van der Waals surface area contributed by atoms with E-state index in [1.54, 1.807) is 12.0 Å². The van der Waals surface area contributed by atoms with E-state index in [2.05, 4.69) is 20.1 Å².